The van der Waals surface area contributed by atoms with Gasteiger partial charge in [0.15, 0.2) is 6.61 Å². The van der Waals surface area contributed by atoms with Crippen molar-refractivity contribution in [3.05, 3.63) is 64.4 Å². The number of aryl methyl sites for hydroxylation is 1. The van der Waals surface area contributed by atoms with Crippen molar-refractivity contribution in [2.24, 2.45) is 5.16 Å². The van der Waals surface area contributed by atoms with Gasteiger partial charge in [0.2, 0.25) is 0 Å². The zero-order valence-electron chi connectivity index (χ0n) is 11.8. The Morgan fingerprint density at radius 3 is 2.91 bits per heavy atom. The number of rotatable bonds is 5. The molecule has 0 saturated heterocycles. The summed E-state index contributed by atoms with van der Waals surface area (Å²) in [6.45, 7) is 1.64. The molecule has 4 nitrogen and oxygen atoms in total. The summed E-state index contributed by atoms with van der Waals surface area (Å²) >= 11 is 6.01. The van der Waals surface area contributed by atoms with Crippen LogP contribution < -0.4 is 5.32 Å². The van der Waals surface area contributed by atoms with Crippen LogP contribution in [0, 0.1) is 12.7 Å². The fourth-order valence-corrected chi connectivity index (χ4v) is 1.97. The summed E-state index contributed by atoms with van der Waals surface area (Å²) < 4.78 is 12.9. The zero-order valence-corrected chi connectivity index (χ0v) is 12.6. The van der Waals surface area contributed by atoms with Gasteiger partial charge < -0.3 is 10.2 Å². The van der Waals surface area contributed by atoms with Gasteiger partial charge in [-0.25, -0.2) is 4.39 Å². The highest BCUT2D eigenvalue weighted by molar-refractivity contribution is 6.33. The van der Waals surface area contributed by atoms with Crippen LogP contribution in [0.2, 0.25) is 5.02 Å². The fraction of sp³-hybridized carbons (Fsp3) is 0.125. The molecule has 0 heterocycles. The van der Waals surface area contributed by atoms with E-state index in [-0.39, 0.29) is 18.3 Å². The molecule has 0 spiro atoms. The number of amides is 1. The molecule has 0 aliphatic heterocycles. The zero-order chi connectivity index (χ0) is 15.9. The van der Waals surface area contributed by atoms with E-state index in [1.807, 2.05) is 13.0 Å². The number of carbonyl (C=O) groups is 1. The maximum Gasteiger partial charge on any atom is 0.265 e. The molecule has 0 radical (unpaired) electrons. The van der Waals surface area contributed by atoms with Gasteiger partial charge in [0.1, 0.15) is 5.82 Å². The Morgan fingerprint density at radius 1 is 1.36 bits per heavy atom. The van der Waals surface area contributed by atoms with Gasteiger partial charge in [-0.2, -0.15) is 0 Å². The highest BCUT2D eigenvalue weighted by atomic mass is 35.5. The van der Waals surface area contributed by atoms with E-state index in [0.717, 1.165) is 5.56 Å². The molecular formula is C16H14ClFN2O2. The first kappa shape index (κ1) is 16.0. The maximum atomic E-state index is 12.9. The van der Waals surface area contributed by atoms with Crippen LogP contribution in [0.1, 0.15) is 11.1 Å². The molecule has 1 amide bonds. The quantitative estimate of drug-likeness (QED) is 0.673. The average Bonchev–Trinajstić information content (AvgIpc) is 2.47. The van der Waals surface area contributed by atoms with E-state index in [0.29, 0.717) is 16.3 Å². The van der Waals surface area contributed by atoms with E-state index < -0.39 is 0 Å². The van der Waals surface area contributed by atoms with Gasteiger partial charge in [-0.3, -0.25) is 4.79 Å². The second kappa shape index (κ2) is 7.56. The molecule has 0 aliphatic carbocycles. The van der Waals surface area contributed by atoms with Crippen molar-refractivity contribution in [2.45, 2.75) is 6.92 Å². The molecule has 2 aromatic rings. The molecule has 2 rings (SSSR count). The molecule has 1 N–H and O–H groups in total. The van der Waals surface area contributed by atoms with Crippen molar-refractivity contribution in [3.63, 3.8) is 0 Å². The maximum absolute atomic E-state index is 12.9. The third-order valence-corrected chi connectivity index (χ3v) is 3.03. The van der Waals surface area contributed by atoms with Crippen molar-refractivity contribution >= 4 is 29.4 Å². The summed E-state index contributed by atoms with van der Waals surface area (Å²) in [6.07, 6.45) is 1.33. The van der Waals surface area contributed by atoms with Crippen LogP contribution in [0.5, 0.6) is 0 Å². The number of hydrogen-bond acceptors (Lipinski definition) is 3. The first-order valence-corrected chi connectivity index (χ1v) is 6.89. The SMILES string of the molecule is Cc1ccc(NC(=O)CO/N=C\c2cccc(F)c2)c(Cl)c1. The monoisotopic (exact) mass is 320 g/mol. The molecular weight excluding hydrogens is 307 g/mol. The van der Waals surface area contributed by atoms with E-state index in [2.05, 4.69) is 10.5 Å². The third kappa shape index (κ3) is 4.86. The minimum absolute atomic E-state index is 0.268. The predicted octanol–water partition coefficient (Wildman–Crippen LogP) is 3.78. The number of anilines is 1. The van der Waals surface area contributed by atoms with Crippen LogP contribution in [0.15, 0.2) is 47.6 Å². The lowest BCUT2D eigenvalue weighted by molar-refractivity contribution is -0.120. The van der Waals surface area contributed by atoms with Gasteiger partial charge in [-0.05, 0) is 42.3 Å². The van der Waals surface area contributed by atoms with Crippen LogP contribution >= 0.6 is 11.6 Å². The smallest absolute Gasteiger partial charge is 0.265 e. The van der Waals surface area contributed by atoms with Crippen LogP contribution in [-0.4, -0.2) is 18.7 Å². The van der Waals surface area contributed by atoms with E-state index >= 15 is 0 Å². The van der Waals surface area contributed by atoms with Gasteiger partial charge in [-0.15, -0.1) is 0 Å². The summed E-state index contributed by atoms with van der Waals surface area (Å²) in [7, 11) is 0. The summed E-state index contributed by atoms with van der Waals surface area (Å²) in [5.41, 5.74) is 2.05. The van der Waals surface area contributed by atoms with Crippen LogP contribution in [-0.2, 0) is 9.63 Å². The lowest BCUT2D eigenvalue weighted by Crippen LogP contribution is -2.17. The van der Waals surface area contributed by atoms with Crippen molar-refractivity contribution in [1.82, 2.24) is 0 Å². The molecule has 6 heteroatoms. The Labute approximate surface area is 132 Å². The number of halogens is 2. The molecule has 0 fully saturated rings. The first-order chi connectivity index (χ1) is 10.5. The topological polar surface area (TPSA) is 50.7 Å². The number of nitrogens with one attached hydrogen (secondary N) is 1. The van der Waals surface area contributed by atoms with Crippen LogP contribution in [0.25, 0.3) is 0 Å². The first-order valence-electron chi connectivity index (χ1n) is 6.51. The number of oxime groups is 1. The van der Waals surface area contributed by atoms with E-state index in [4.69, 9.17) is 16.4 Å². The number of nitrogens with zero attached hydrogens (tertiary/aromatic N) is 1. The minimum Gasteiger partial charge on any atom is -0.386 e. The van der Waals surface area contributed by atoms with Crippen molar-refractivity contribution in [3.8, 4) is 0 Å². The van der Waals surface area contributed by atoms with Crippen molar-refractivity contribution < 1.29 is 14.0 Å². The Balaban J connectivity index is 1.83. The summed E-state index contributed by atoms with van der Waals surface area (Å²) in [6, 6.07) is 11.2. The molecule has 0 saturated carbocycles. The van der Waals surface area contributed by atoms with Crippen molar-refractivity contribution in [2.75, 3.05) is 11.9 Å². The van der Waals surface area contributed by atoms with Gasteiger partial charge in [-0.1, -0.05) is 35.0 Å². The molecule has 0 unspecified atom stereocenters. The van der Waals surface area contributed by atoms with Gasteiger partial charge in [0.05, 0.1) is 16.9 Å². The standard InChI is InChI=1S/C16H14ClFN2O2/c1-11-5-6-15(14(17)7-11)20-16(21)10-22-19-9-12-3-2-4-13(18)8-12/h2-9H,10H2,1H3,(H,20,21)/b19-9-. The molecule has 0 atom stereocenters. The van der Waals surface area contributed by atoms with Gasteiger partial charge in [0.25, 0.3) is 5.91 Å². The molecule has 0 bridgehead atoms. The lowest BCUT2D eigenvalue weighted by Gasteiger charge is -2.07. The molecule has 0 aliphatic rings. The second-order valence-corrected chi connectivity index (χ2v) is 5.00. The van der Waals surface area contributed by atoms with Crippen molar-refractivity contribution in [1.29, 1.82) is 0 Å². The van der Waals surface area contributed by atoms with E-state index in [9.17, 15) is 9.18 Å². The van der Waals surface area contributed by atoms with Crippen LogP contribution in [0.3, 0.4) is 0 Å². The average molecular weight is 321 g/mol. The number of carbonyl (C=O) groups excluding carboxylic acids is 1. The van der Waals surface area contributed by atoms with Gasteiger partial charge in [0, 0.05) is 0 Å². The summed E-state index contributed by atoms with van der Waals surface area (Å²) in [5.74, 6) is -0.752. The molecule has 2 aromatic carbocycles. The molecule has 22 heavy (non-hydrogen) atoms. The normalized spacial score (nSPS) is 10.7. The highest BCUT2D eigenvalue weighted by Gasteiger charge is 2.06. The number of benzene rings is 2. The molecule has 0 aromatic heterocycles. The Morgan fingerprint density at radius 2 is 2.18 bits per heavy atom. The Bertz CT molecular complexity index is 704. The highest BCUT2D eigenvalue weighted by Crippen LogP contribution is 2.22. The minimum atomic E-state index is -0.387. The summed E-state index contributed by atoms with van der Waals surface area (Å²) in [4.78, 5) is 16.6. The van der Waals surface area contributed by atoms with Crippen LogP contribution in [0.4, 0.5) is 10.1 Å². The Kier molecular flexibility index (Phi) is 5.49. The third-order valence-electron chi connectivity index (χ3n) is 2.72. The predicted molar refractivity (Wildman–Crippen MR) is 84.8 cm³/mol. The Hall–Kier alpha value is -2.40. The lowest BCUT2D eigenvalue weighted by atomic mass is 10.2. The van der Waals surface area contributed by atoms with E-state index in [1.54, 1.807) is 24.3 Å². The second-order valence-electron chi connectivity index (χ2n) is 4.59. The molecule has 114 valence electrons. The van der Waals surface area contributed by atoms with E-state index in [1.165, 1.54) is 18.3 Å². The summed E-state index contributed by atoms with van der Waals surface area (Å²) in [5, 5.41) is 6.69. The van der Waals surface area contributed by atoms with Gasteiger partial charge >= 0.3 is 0 Å². The largest absolute Gasteiger partial charge is 0.386 e. The fourth-order valence-electron chi connectivity index (χ4n) is 1.69. The number of hydrogen-bond donors (Lipinski definition) is 1.